The Morgan fingerprint density at radius 1 is 1.13 bits per heavy atom. The number of rotatable bonds is 7. The Hall–Kier alpha value is -2.90. The lowest BCUT2D eigenvalue weighted by molar-refractivity contribution is 0.0666. The molecule has 0 atom stereocenters. The fourth-order valence-corrected chi connectivity index (χ4v) is 3.71. The van der Waals surface area contributed by atoms with Crippen LogP contribution in [-0.4, -0.2) is 47.3 Å². The van der Waals surface area contributed by atoms with E-state index >= 15 is 0 Å². The number of halogens is 1. The average Bonchev–Trinajstić information content (AvgIpc) is 2.74. The van der Waals surface area contributed by atoms with Crippen LogP contribution in [0.3, 0.4) is 0 Å². The van der Waals surface area contributed by atoms with Crippen molar-refractivity contribution in [3.8, 4) is 11.1 Å². The molecule has 1 aliphatic rings. The molecule has 8 heteroatoms. The van der Waals surface area contributed by atoms with Crippen LogP contribution in [0.15, 0.2) is 42.5 Å². The third-order valence-electron chi connectivity index (χ3n) is 5.46. The molecule has 0 amide bonds. The lowest BCUT2D eigenvalue weighted by Gasteiger charge is -2.32. The zero-order valence-electron chi connectivity index (χ0n) is 17.6. The average molecular weight is 445 g/mol. The van der Waals surface area contributed by atoms with E-state index in [9.17, 15) is 9.90 Å². The maximum absolute atomic E-state index is 11.6. The highest BCUT2D eigenvalue weighted by Crippen LogP contribution is 2.25. The van der Waals surface area contributed by atoms with E-state index in [1.54, 1.807) is 30.3 Å². The Bertz CT molecular complexity index is 956. The minimum Gasteiger partial charge on any atom is -0.478 e. The van der Waals surface area contributed by atoms with Crippen molar-refractivity contribution < 1.29 is 14.6 Å². The standard InChI is InChI=1S/C23H28N4O3.ClH/c1-15(24)27-7-5-16(6-8-27)13-30-14-17-9-20(12-21(10-17)23(28)29)18-3-2-4-19(11-18)22(25)26;/h2-4,9-12,16,24H,5-8,13-14H2,1H3,(H3,25,26)(H,28,29);1H. The highest BCUT2D eigenvalue weighted by atomic mass is 35.5. The molecule has 0 spiro atoms. The van der Waals surface area contributed by atoms with Crippen LogP contribution in [0.25, 0.3) is 11.1 Å². The lowest BCUT2D eigenvalue weighted by atomic mass is 9.97. The molecule has 0 radical (unpaired) electrons. The van der Waals surface area contributed by atoms with Crippen LogP contribution in [0.5, 0.6) is 0 Å². The van der Waals surface area contributed by atoms with Gasteiger partial charge in [-0.25, -0.2) is 4.79 Å². The normalized spacial score (nSPS) is 14.0. The van der Waals surface area contributed by atoms with Crippen molar-refractivity contribution in [3.63, 3.8) is 0 Å². The third-order valence-corrected chi connectivity index (χ3v) is 5.46. The molecule has 2 aromatic rings. The topological polar surface area (TPSA) is 123 Å². The van der Waals surface area contributed by atoms with Crippen molar-refractivity contribution in [1.82, 2.24) is 4.90 Å². The zero-order valence-corrected chi connectivity index (χ0v) is 18.4. The number of benzene rings is 2. The summed E-state index contributed by atoms with van der Waals surface area (Å²) in [7, 11) is 0. The molecule has 2 aromatic carbocycles. The van der Waals surface area contributed by atoms with Gasteiger partial charge < -0.3 is 20.5 Å². The zero-order chi connectivity index (χ0) is 21.7. The molecular weight excluding hydrogens is 416 g/mol. The minimum absolute atomic E-state index is 0. The number of nitrogens with zero attached hydrogens (tertiary/aromatic N) is 1. The van der Waals surface area contributed by atoms with E-state index in [2.05, 4.69) is 4.90 Å². The number of ether oxygens (including phenoxy) is 1. The number of hydrogen-bond acceptors (Lipinski definition) is 4. The summed E-state index contributed by atoms with van der Waals surface area (Å²) in [5.74, 6) is 0.0467. The highest BCUT2D eigenvalue weighted by Gasteiger charge is 2.19. The van der Waals surface area contributed by atoms with Gasteiger partial charge in [-0.2, -0.15) is 0 Å². The van der Waals surface area contributed by atoms with E-state index < -0.39 is 5.97 Å². The molecule has 5 N–H and O–H groups in total. The van der Waals surface area contributed by atoms with Gasteiger partial charge in [0.2, 0.25) is 0 Å². The number of piperidine rings is 1. The van der Waals surface area contributed by atoms with Crippen LogP contribution in [-0.2, 0) is 11.3 Å². The quantitative estimate of drug-likeness (QED) is 0.380. The summed E-state index contributed by atoms with van der Waals surface area (Å²) in [6.45, 7) is 4.54. The Labute approximate surface area is 188 Å². The number of nitrogen functional groups attached to an aromatic ring is 1. The van der Waals surface area contributed by atoms with Gasteiger partial charge in [0.15, 0.2) is 0 Å². The molecule has 1 fully saturated rings. The van der Waals surface area contributed by atoms with Gasteiger partial charge in [0.1, 0.15) is 5.84 Å². The molecular formula is C23H29ClN4O3. The number of aromatic carboxylic acids is 1. The van der Waals surface area contributed by atoms with Gasteiger partial charge in [0, 0.05) is 25.3 Å². The second-order valence-electron chi connectivity index (χ2n) is 7.75. The molecule has 0 unspecified atom stereocenters. The van der Waals surface area contributed by atoms with Gasteiger partial charge in [-0.05, 0) is 66.6 Å². The molecule has 31 heavy (non-hydrogen) atoms. The van der Waals surface area contributed by atoms with Gasteiger partial charge in [-0.1, -0.05) is 18.2 Å². The number of carboxylic acids is 1. The number of amidine groups is 2. The van der Waals surface area contributed by atoms with Gasteiger partial charge in [0.05, 0.1) is 18.0 Å². The first-order valence-corrected chi connectivity index (χ1v) is 10.0. The summed E-state index contributed by atoms with van der Waals surface area (Å²) >= 11 is 0. The van der Waals surface area contributed by atoms with Crippen molar-refractivity contribution in [2.24, 2.45) is 11.7 Å². The van der Waals surface area contributed by atoms with Crippen LogP contribution in [0, 0.1) is 16.7 Å². The number of nitrogens with one attached hydrogen (secondary N) is 2. The van der Waals surface area contributed by atoms with Crippen molar-refractivity contribution in [1.29, 1.82) is 10.8 Å². The maximum atomic E-state index is 11.6. The number of likely N-dealkylation sites (tertiary alicyclic amines) is 1. The highest BCUT2D eigenvalue weighted by molar-refractivity contribution is 5.96. The second-order valence-corrected chi connectivity index (χ2v) is 7.75. The molecule has 0 saturated carbocycles. The van der Waals surface area contributed by atoms with E-state index in [0.29, 0.717) is 30.5 Å². The number of carboxylic acid groups (broad SMARTS) is 1. The van der Waals surface area contributed by atoms with Gasteiger partial charge >= 0.3 is 5.97 Å². The summed E-state index contributed by atoms with van der Waals surface area (Å²) in [5, 5.41) is 24.8. The summed E-state index contributed by atoms with van der Waals surface area (Å²) in [5.41, 5.74) is 8.74. The molecule has 7 nitrogen and oxygen atoms in total. The smallest absolute Gasteiger partial charge is 0.335 e. The van der Waals surface area contributed by atoms with Crippen molar-refractivity contribution in [3.05, 3.63) is 59.2 Å². The molecule has 3 rings (SSSR count). The third kappa shape index (κ3) is 6.54. The van der Waals surface area contributed by atoms with Crippen molar-refractivity contribution >= 4 is 30.0 Å². The first-order valence-electron chi connectivity index (χ1n) is 10.0. The van der Waals surface area contributed by atoms with Gasteiger partial charge in [0.25, 0.3) is 0 Å². The van der Waals surface area contributed by atoms with E-state index in [1.807, 2.05) is 19.1 Å². The number of carbonyl (C=O) groups is 1. The molecule has 0 aromatic heterocycles. The molecule has 1 heterocycles. The Morgan fingerprint density at radius 2 is 1.81 bits per heavy atom. The molecule has 166 valence electrons. The SMILES string of the molecule is CC(=N)N1CCC(COCc2cc(C(=O)O)cc(-c3cccc(C(=N)N)c3)c2)CC1.Cl. The Morgan fingerprint density at radius 3 is 2.42 bits per heavy atom. The fraction of sp³-hybridized carbons (Fsp3) is 0.348. The van der Waals surface area contributed by atoms with E-state index in [1.165, 1.54) is 0 Å². The van der Waals surface area contributed by atoms with E-state index in [4.69, 9.17) is 21.3 Å². The van der Waals surface area contributed by atoms with Crippen molar-refractivity contribution in [2.75, 3.05) is 19.7 Å². The Kier molecular flexibility index (Phi) is 8.59. The first-order chi connectivity index (χ1) is 14.3. The molecule has 1 aliphatic heterocycles. The van der Waals surface area contributed by atoms with Gasteiger partial charge in [-0.15, -0.1) is 12.4 Å². The molecule has 1 saturated heterocycles. The van der Waals surface area contributed by atoms with Crippen LogP contribution in [0.1, 0.15) is 41.3 Å². The van der Waals surface area contributed by atoms with Crippen LogP contribution < -0.4 is 5.73 Å². The summed E-state index contributed by atoms with van der Waals surface area (Å²) < 4.78 is 5.92. The summed E-state index contributed by atoms with van der Waals surface area (Å²) in [4.78, 5) is 13.7. The summed E-state index contributed by atoms with van der Waals surface area (Å²) in [6.07, 6.45) is 1.99. The number of hydrogen-bond donors (Lipinski definition) is 4. The van der Waals surface area contributed by atoms with Crippen LogP contribution >= 0.6 is 12.4 Å². The van der Waals surface area contributed by atoms with Crippen molar-refractivity contribution in [2.45, 2.75) is 26.4 Å². The maximum Gasteiger partial charge on any atom is 0.335 e. The van der Waals surface area contributed by atoms with E-state index in [-0.39, 0.29) is 23.8 Å². The number of nitrogens with two attached hydrogens (primary N) is 1. The second kappa shape index (κ2) is 10.9. The fourth-order valence-electron chi connectivity index (χ4n) is 3.71. The van der Waals surface area contributed by atoms with Crippen LogP contribution in [0.2, 0.25) is 0 Å². The van der Waals surface area contributed by atoms with Gasteiger partial charge in [-0.3, -0.25) is 10.8 Å². The first kappa shape index (κ1) is 24.4. The summed E-state index contributed by atoms with van der Waals surface area (Å²) in [6, 6.07) is 12.4. The largest absolute Gasteiger partial charge is 0.478 e. The Balaban J connectivity index is 0.00000341. The lowest BCUT2D eigenvalue weighted by Crippen LogP contribution is -2.37. The molecule has 0 aliphatic carbocycles. The van der Waals surface area contributed by atoms with E-state index in [0.717, 1.165) is 42.6 Å². The minimum atomic E-state index is -0.991. The predicted molar refractivity (Wildman–Crippen MR) is 124 cm³/mol. The monoisotopic (exact) mass is 444 g/mol. The molecule has 0 bridgehead atoms. The van der Waals surface area contributed by atoms with Crippen LogP contribution in [0.4, 0.5) is 0 Å². The predicted octanol–water partition coefficient (Wildman–Crippen LogP) is 3.98.